The Morgan fingerprint density at radius 2 is 2.09 bits per heavy atom. The van der Waals surface area contributed by atoms with Gasteiger partial charge in [-0.1, -0.05) is 23.2 Å². The van der Waals surface area contributed by atoms with Crippen molar-refractivity contribution < 1.29 is 4.74 Å². The van der Waals surface area contributed by atoms with Crippen LogP contribution in [-0.4, -0.2) is 29.5 Å². The highest BCUT2D eigenvalue weighted by molar-refractivity contribution is 6.33. The number of hydrogen-bond acceptors (Lipinski definition) is 4. The van der Waals surface area contributed by atoms with E-state index in [1.165, 1.54) is 4.68 Å². The maximum atomic E-state index is 12.3. The van der Waals surface area contributed by atoms with Crippen LogP contribution >= 0.6 is 23.2 Å². The zero-order valence-corrected chi connectivity index (χ0v) is 13.3. The summed E-state index contributed by atoms with van der Waals surface area (Å²) in [6.07, 6.45) is 2.58. The number of ether oxygens (including phenoxy) is 1. The summed E-state index contributed by atoms with van der Waals surface area (Å²) in [5.41, 5.74) is 0.799. The lowest BCUT2D eigenvalue weighted by Gasteiger charge is -2.12. The summed E-state index contributed by atoms with van der Waals surface area (Å²) in [5.74, 6) is 0.440. The van der Waals surface area contributed by atoms with Gasteiger partial charge in [0, 0.05) is 24.1 Å². The third kappa shape index (κ3) is 3.27. The van der Waals surface area contributed by atoms with Crippen LogP contribution in [0.4, 0.5) is 5.69 Å². The normalized spacial score (nSPS) is 17.6. The Balaban J connectivity index is 1.81. The van der Waals surface area contributed by atoms with Gasteiger partial charge in [0.25, 0.3) is 5.56 Å². The van der Waals surface area contributed by atoms with Gasteiger partial charge in [-0.2, -0.15) is 9.78 Å². The molecule has 1 aliphatic heterocycles. The molecule has 1 fully saturated rings. The molecular weight excluding hydrogens is 325 g/mol. The van der Waals surface area contributed by atoms with Crippen molar-refractivity contribution in [2.24, 2.45) is 5.92 Å². The van der Waals surface area contributed by atoms with Gasteiger partial charge in [0.1, 0.15) is 5.02 Å². The van der Waals surface area contributed by atoms with Crippen LogP contribution in [0.25, 0.3) is 5.69 Å². The standard InChI is InChI=1S/C15H15Cl2N3O2/c16-11-1-3-12(4-2-11)20-15(21)14(17)13(8-19-20)18-7-10-5-6-22-9-10/h1-4,8,10,18H,5-7,9H2/t10-/m0/s1. The highest BCUT2D eigenvalue weighted by atomic mass is 35.5. The first-order chi connectivity index (χ1) is 10.6. The van der Waals surface area contributed by atoms with Gasteiger partial charge >= 0.3 is 0 Å². The Morgan fingerprint density at radius 3 is 2.77 bits per heavy atom. The maximum absolute atomic E-state index is 12.3. The molecule has 1 N–H and O–H groups in total. The van der Waals surface area contributed by atoms with Gasteiger partial charge in [-0.05, 0) is 30.7 Å². The fraction of sp³-hybridized carbons (Fsp3) is 0.333. The molecule has 0 amide bonds. The lowest BCUT2D eigenvalue weighted by Crippen LogP contribution is -2.24. The first-order valence-corrected chi connectivity index (χ1v) is 7.76. The molecule has 1 atom stereocenters. The van der Waals surface area contributed by atoms with Crippen molar-refractivity contribution in [1.82, 2.24) is 9.78 Å². The molecule has 3 rings (SSSR count). The second kappa shape index (κ2) is 6.69. The van der Waals surface area contributed by atoms with Crippen LogP contribution in [-0.2, 0) is 4.74 Å². The number of aromatic nitrogens is 2. The van der Waals surface area contributed by atoms with Gasteiger partial charge in [0.05, 0.1) is 24.2 Å². The van der Waals surface area contributed by atoms with Gasteiger partial charge in [-0.15, -0.1) is 0 Å². The molecule has 1 aromatic heterocycles. The predicted molar refractivity (Wildman–Crippen MR) is 87.3 cm³/mol. The molecule has 22 heavy (non-hydrogen) atoms. The van der Waals surface area contributed by atoms with Crippen LogP contribution in [0.5, 0.6) is 0 Å². The minimum atomic E-state index is -0.364. The lowest BCUT2D eigenvalue weighted by atomic mass is 10.1. The van der Waals surface area contributed by atoms with Crippen molar-refractivity contribution in [3.05, 3.63) is 50.9 Å². The Bertz CT molecular complexity index is 710. The Kier molecular flexibility index (Phi) is 4.66. The lowest BCUT2D eigenvalue weighted by molar-refractivity contribution is 0.187. The largest absolute Gasteiger partial charge is 0.382 e. The van der Waals surface area contributed by atoms with Gasteiger partial charge in [0.2, 0.25) is 0 Å². The summed E-state index contributed by atoms with van der Waals surface area (Å²) in [6.45, 7) is 2.24. The number of benzene rings is 1. The molecule has 1 saturated heterocycles. The van der Waals surface area contributed by atoms with E-state index in [4.69, 9.17) is 27.9 Å². The van der Waals surface area contributed by atoms with E-state index in [1.54, 1.807) is 30.5 Å². The number of nitrogens with zero attached hydrogens (tertiary/aromatic N) is 2. The third-order valence-electron chi connectivity index (χ3n) is 3.60. The molecule has 0 saturated carbocycles. The number of anilines is 1. The first kappa shape index (κ1) is 15.3. The average Bonchev–Trinajstić information content (AvgIpc) is 3.03. The van der Waals surface area contributed by atoms with Gasteiger partial charge < -0.3 is 10.1 Å². The molecule has 2 heterocycles. The zero-order valence-electron chi connectivity index (χ0n) is 11.8. The summed E-state index contributed by atoms with van der Waals surface area (Å²) < 4.78 is 6.57. The zero-order chi connectivity index (χ0) is 15.5. The smallest absolute Gasteiger partial charge is 0.292 e. The minimum Gasteiger partial charge on any atom is -0.382 e. The van der Waals surface area contributed by atoms with Crippen LogP contribution in [0.1, 0.15) is 6.42 Å². The Morgan fingerprint density at radius 1 is 1.32 bits per heavy atom. The van der Waals surface area contributed by atoms with Gasteiger partial charge in [0.15, 0.2) is 0 Å². The molecule has 5 nitrogen and oxygen atoms in total. The molecule has 2 aromatic rings. The molecule has 0 radical (unpaired) electrons. The van der Waals surface area contributed by atoms with Crippen LogP contribution in [0.3, 0.4) is 0 Å². The molecule has 0 unspecified atom stereocenters. The number of hydrogen-bond donors (Lipinski definition) is 1. The molecule has 0 spiro atoms. The van der Waals surface area contributed by atoms with Crippen LogP contribution < -0.4 is 10.9 Å². The fourth-order valence-electron chi connectivity index (χ4n) is 2.32. The van der Waals surface area contributed by atoms with E-state index in [9.17, 15) is 4.79 Å². The number of rotatable bonds is 4. The van der Waals surface area contributed by atoms with E-state index < -0.39 is 0 Å². The van der Waals surface area contributed by atoms with E-state index in [0.29, 0.717) is 28.9 Å². The van der Waals surface area contributed by atoms with Crippen LogP contribution in [0.15, 0.2) is 35.3 Å². The summed E-state index contributed by atoms with van der Waals surface area (Å²) in [4.78, 5) is 12.3. The monoisotopic (exact) mass is 339 g/mol. The molecule has 0 bridgehead atoms. The average molecular weight is 340 g/mol. The molecule has 116 valence electrons. The molecular formula is C15H15Cl2N3O2. The summed E-state index contributed by atoms with van der Waals surface area (Å²) in [5, 5.41) is 8.07. The van der Waals surface area contributed by atoms with E-state index in [1.807, 2.05) is 0 Å². The number of halogens is 2. The summed E-state index contributed by atoms with van der Waals surface area (Å²) in [6, 6.07) is 6.84. The second-order valence-electron chi connectivity index (χ2n) is 5.18. The highest BCUT2D eigenvalue weighted by Crippen LogP contribution is 2.19. The topological polar surface area (TPSA) is 56.1 Å². The maximum Gasteiger partial charge on any atom is 0.292 e. The second-order valence-corrected chi connectivity index (χ2v) is 5.99. The summed E-state index contributed by atoms with van der Waals surface area (Å²) in [7, 11) is 0. The first-order valence-electron chi connectivity index (χ1n) is 7.00. The van der Waals surface area contributed by atoms with Gasteiger partial charge in [-0.25, -0.2) is 0 Å². The molecule has 1 aromatic carbocycles. The van der Waals surface area contributed by atoms with Crippen molar-refractivity contribution in [3.8, 4) is 5.69 Å². The van der Waals surface area contributed by atoms with Gasteiger partial charge in [-0.3, -0.25) is 4.79 Å². The highest BCUT2D eigenvalue weighted by Gasteiger charge is 2.17. The molecule has 0 aliphatic carbocycles. The van der Waals surface area contributed by atoms with Crippen molar-refractivity contribution in [3.63, 3.8) is 0 Å². The van der Waals surface area contributed by atoms with E-state index in [2.05, 4.69) is 10.4 Å². The van der Waals surface area contributed by atoms with Crippen molar-refractivity contribution in [2.45, 2.75) is 6.42 Å². The summed E-state index contributed by atoms with van der Waals surface area (Å²) >= 11 is 12.0. The van der Waals surface area contributed by atoms with Crippen molar-refractivity contribution >= 4 is 28.9 Å². The third-order valence-corrected chi connectivity index (χ3v) is 4.21. The van der Waals surface area contributed by atoms with E-state index in [-0.39, 0.29) is 10.6 Å². The van der Waals surface area contributed by atoms with Crippen LogP contribution in [0, 0.1) is 5.92 Å². The van der Waals surface area contributed by atoms with E-state index in [0.717, 1.165) is 19.6 Å². The SMILES string of the molecule is O=c1c(Cl)c(NC[C@@H]2CCOC2)cnn1-c1ccc(Cl)cc1. The van der Waals surface area contributed by atoms with Crippen LogP contribution in [0.2, 0.25) is 10.0 Å². The quantitative estimate of drug-likeness (QED) is 0.930. The van der Waals surface area contributed by atoms with Crippen molar-refractivity contribution in [1.29, 1.82) is 0 Å². The minimum absolute atomic E-state index is 0.129. The number of nitrogens with one attached hydrogen (secondary N) is 1. The fourth-order valence-corrected chi connectivity index (χ4v) is 2.64. The predicted octanol–water partition coefficient (Wildman–Crippen LogP) is 2.99. The van der Waals surface area contributed by atoms with Crippen molar-refractivity contribution in [2.75, 3.05) is 25.1 Å². The Labute approximate surface area is 137 Å². The molecule has 1 aliphatic rings. The Hall–Kier alpha value is -1.56. The molecule has 7 heteroatoms. The van der Waals surface area contributed by atoms with E-state index >= 15 is 0 Å².